The number of halogens is 1. The van der Waals surface area contributed by atoms with Crippen molar-refractivity contribution >= 4 is 46.7 Å². The summed E-state index contributed by atoms with van der Waals surface area (Å²) in [4.78, 5) is 30.9. The third-order valence-electron chi connectivity index (χ3n) is 5.85. The first-order chi connectivity index (χ1) is 16.0. The minimum atomic E-state index is -0.792. The second kappa shape index (κ2) is 9.00. The molecular formula is C25H22ClN3O3S. The van der Waals surface area contributed by atoms with Crippen molar-refractivity contribution in [1.82, 2.24) is 10.2 Å². The van der Waals surface area contributed by atoms with Gasteiger partial charge < -0.3 is 15.3 Å². The summed E-state index contributed by atoms with van der Waals surface area (Å²) >= 11 is 7.96. The van der Waals surface area contributed by atoms with E-state index in [9.17, 15) is 14.7 Å². The van der Waals surface area contributed by atoms with Gasteiger partial charge in [0.2, 0.25) is 0 Å². The van der Waals surface area contributed by atoms with E-state index in [-0.39, 0.29) is 5.75 Å². The van der Waals surface area contributed by atoms with Gasteiger partial charge in [0.25, 0.3) is 5.91 Å². The molecule has 6 nitrogen and oxygen atoms in total. The van der Waals surface area contributed by atoms with Gasteiger partial charge in [-0.3, -0.25) is 9.69 Å². The third kappa shape index (κ3) is 4.03. The minimum Gasteiger partial charge on any atom is -0.508 e. The van der Waals surface area contributed by atoms with Gasteiger partial charge in [-0.15, -0.1) is 11.6 Å². The summed E-state index contributed by atoms with van der Waals surface area (Å²) in [5.74, 6) is -0.297. The Bertz CT molecular complexity index is 1160. The minimum absolute atomic E-state index is 0.116. The molecule has 2 unspecified atom stereocenters. The zero-order valence-electron chi connectivity index (χ0n) is 17.6. The van der Waals surface area contributed by atoms with Gasteiger partial charge in [0.15, 0.2) is 0 Å². The number of phenolic OH excluding ortho intramolecular Hbond substituents is 1. The number of rotatable bonds is 5. The second-order valence-electron chi connectivity index (χ2n) is 7.92. The lowest BCUT2D eigenvalue weighted by Crippen LogP contribution is -2.61. The van der Waals surface area contributed by atoms with Gasteiger partial charge in [-0.2, -0.15) is 0 Å². The molecule has 33 heavy (non-hydrogen) atoms. The van der Waals surface area contributed by atoms with E-state index in [1.807, 2.05) is 24.3 Å². The highest BCUT2D eigenvalue weighted by Gasteiger charge is 2.50. The van der Waals surface area contributed by atoms with Crippen LogP contribution in [0.1, 0.15) is 18.0 Å². The predicted octanol–water partition coefficient (Wildman–Crippen LogP) is 5.29. The fourth-order valence-corrected chi connectivity index (χ4v) is 5.67. The Morgan fingerprint density at radius 1 is 0.970 bits per heavy atom. The van der Waals surface area contributed by atoms with Gasteiger partial charge in [-0.25, -0.2) is 4.79 Å². The van der Waals surface area contributed by atoms with E-state index in [1.165, 1.54) is 21.9 Å². The topological polar surface area (TPSA) is 72.9 Å². The van der Waals surface area contributed by atoms with Crippen LogP contribution < -0.4 is 10.2 Å². The maximum atomic E-state index is 12.7. The first kappa shape index (κ1) is 21.7. The molecule has 0 radical (unpaired) electrons. The Balaban J connectivity index is 1.22. The molecule has 8 heteroatoms. The number of para-hydroxylation sites is 2. The van der Waals surface area contributed by atoms with Crippen LogP contribution in [0, 0.1) is 0 Å². The molecule has 3 aromatic rings. The van der Waals surface area contributed by atoms with Crippen LogP contribution in [0.25, 0.3) is 0 Å². The summed E-state index contributed by atoms with van der Waals surface area (Å²) in [6.45, 7) is 1.15. The lowest BCUT2D eigenvalue weighted by atomic mass is 9.93. The SMILES string of the molecule is O=C(NCCCN1c2ccccc2Sc2ccccc21)N1C(=O)C(Cl)C1c1ccc(O)cc1. The number of hydrogen-bond donors (Lipinski definition) is 2. The third-order valence-corrected chi connectivity index (χ3v) is 7.40. The number of fused-ring (bicyclic) bond motifs is 2. The number of nitrogens with zero attached hydrogens (tertiary/aromatic N) is 2. The number of carbonyl (C=O) groups excluding carboxylic acids is 2. The fourth-order valence-electron chi connectivity index (χ4n) is 4.21. The fraction of sp³-hybridized carbons (Fsp3) is 0.200. The quantitative estimate of drug-likeness (QED) is 0.295. The van der Waals surface area contributed by atoms with E-state index in [2.05, 4.69) is 34.5 Å². The monoisotopic (exact) mass is 479 g/mol. The maximum Gasteiger partial charge on any atom is 0.324 e. The molecule has 0 spiro atoms. The van der Waals surface area contributed by atoms with Crippen molar-refractivity contribution in [2.75, 3.05) is 18.0 Å². The summed E-state index contributed by atoms with van der Waals surface area (Å²) in [5, 5.41) is 11.6. The van der Waals surface area contributed by atoms with Crippen molar-refractivity contribution < 1.29 is 14.7 Å². The molecule has 0 aliphatic carbocycles. The standard InChI is InChI=1S/C25H22ClN3O3S/c26-22-23(16-10-12-17(30)13-11-16)29(24(22)31)25(32)27-14-5-15-28-18-6-1-3-8-20(18)33-21-9-4-2-7-19(21)28/h1-4,6-13,22-23,30H,5,14-15H2,(H,27,32). The average molecular weight is 480 g/mol. The van der Waals surface area contributed by atoms with E-state index >= 15 is 0 Å². The summed E-state index contributed by atoms with van der Waals surface area (Å²) in [6, 6.07) is 22.0. The number of aromatic hydroxyl groups is 1. The Kier molecular flexibility index (Phi) is 5.91. The normalized spacial score (nSPS) is 18.9. The van der Waals surface area contributed by atoms with Gasteiger partial charge in [0.1, 0.15) is 11.1 Å². The highest BCUT2D eigenvalue weighted by molar-refractivity contribution is 7.99. The Morgan fingerprint density at radius 3 is 2.21 bits per heavy atom. The van der Waals surface area contributed by atoms with Crippen LogP contribution in [0.4, 0.5) is 16.2 Å². The van der Waals surface area contributed by atoms with Crippen molar-refractivity contribution in [2.45, 2.75) is 27.6 Å². The number of urea groups is 1. The van der Waals surface area contributed by atoms with Crippen molar-refractivity contribution in [1.29, 1.82) is 0 Å². The first-order valence-electron chi connectivity index (χ1n) is 10.7. The largest absolute Gasteiger partial charge is 0.508 e. The number of alkyl halides is 1. The molecule has 2 aliphatic heterocycles. The second-order valence-corrected chi connectivity index (χ2v) is 9.47. The number of anilines is 2. The van der Waals surface area contributed by atoms with E-state index < -0.39 is 23.4 Å². The first-order valence-corrected chi connectivity index (χ1v) is 12.0. The Labute approximate surface area is 201 Å². The number of imide groups is 1. The van der Waals surface area contributed by atoms with Crippen LogP contribution in [0.2, 0.25) is 0 Å². The van der Waals surface area contributed by atoms with E-state index in [0.29, 0.717) is 18.5 Å². The van der Waals surface area contributed by atoms with E-state index in [0.717, 1.165) is 22.8 Å². The number of amides is 3. The van der Waals surface area contributed by atoms with Gasteiger partial charge >= 0.3 is 6.03 Å². The highest BCUT2D eigenvalue weighted by Crippen LogP contribution is 2.47. The predicted molar refractivity (Wildman–Crippen MR) is 129 cm³/mol. The number of hydrogen-bond acceptors (Lipinski definition) is 5. The lowest BCUT2D eigenvalue weighted by Gasteiger charge is -2.42. The Hall–Kier alpha value is -3.16. The van der Waals surface area contributed by atoms with Gasteiger partial charge in [-0.1, -0.05) is 48.2 Å². The molecule has 168 valence electrons. The Morgan fingerprint density at radius 2 is 1.58 bits per heavy atom. The van der Waals surface area contributed by atoms with Crippen LogP contribution in [0.15, 0.2) is 82.6 Å². The highest BCUT2D eigenvalue weighted by atomic mass is 35.5. The average Bonchev–Trinajstić information content (AvgIpc) is 2.84. The summed E-state index contributed by atoms with van der Waals surface area (Å²) in [7, 11) is 0. The van der Waals surface area contributed by atoms with Gasteiger partial charge in [0.05, 0.1) is 17.4 Å². The molecule has 0 saturated carbocycles. The number of β-lactam (4-membered cyclic amide) rings is 1. The smallest absolute Gasteiger partial charge is 0.324 e. The molecular weight excluding hydrogens is 458 g/mol. The van der Waals surface area contributed by atoms with Gasteiger partial charge in [-0.05, 0) is 48.4 Å². The van der Waals surface area contributed by atoms with Crippen LogP contribution >= 0.6 is 23.4 Å². The molecule has 2 aliphatic rings. The molecule has 3 aromatic carbocycles. The summed E-state index contributed by atoms with van der Waals surface area (Å²) in [5.41, 5.74) is 3.02. The molecule has 3 amide bonds. The summed E-state index contributed by atoms with van der Waals surface area (Å²) in [6.07, 6.45) is 0.704. The number of benzene rings is 3. The lowest BCUT2D eigenvalue weighted by molar-refractivity contribution is -0.140. The van der Waals surface area contributed by atoms with E-state index in [1.54, 1.807) is 23.9 Å². The van der Waals surface area contributed by atoms with Crippen molar-refractivity contribution in [3.8, 4) is 5.75 Å². The van der Waals surface area contributed by atoms with E-state index in [4.69, 9.17) is 11.6 Å². The molecule has 2 N–H and O–H groups in total. The van der Waals surface area contributed by atoms with Crippen LogP contribution in [0.5, 0.6) is 5.75 Å². The molecule has 2 atom stereocenters. The molecule has 0 bridgehead atoms. The molecule has 1 saturated heterocycles. The zero-order valence-corrected chi connectivity index (χ0v) is 19.2. The molecule has 2 heterocycles. The number of nitrogens with one attached hydrogen (secondary N) is 1. The molecule has 1 fully saturated rings. The van der Waals surface area contributed by atoms with Crippen molar-refractivity contribution in [3.63, 3.8) is 0 Å². The van der Waals surface area contributed by atoms with Crippen LogP contribution in [0.3, 0.4) is 0 Å². The van der Waals surface area contributed by atoms with Gasteiger partial charge in [0, 0.05) is 22.9 Å². The summed E-state index contributed by atoms with van der Waals surface area (Å²) < 4.78 is 0. The molecule has 5 rings (SSSR count). The van der Waals surface area contributed by atoms with Crippen molar-refractivity contribution in [2.24, 2.45) is 0 Å². The molecule has 0 aromatic heterocycles. The number of phenols is 1. The van der Waals surface area contributed by atoms with Crippen LogP contribution in [-0.2, 0) is 4.79 Å². The zero-order chi connectivity index (χ0) is 22.9. The van der Waals surface area contributed by atoms with Crippen molar-refractivity contribution in [3.05, 3.63) is 78.4 Å². The number of carbonyl (C=O) groups is 2. The number of likely N-dealkylation sites (tertiary alicyclic amines) is 1. The maximum absolute atomic E-state index is 12.7. The van der Waals surface area contributed by atoms with Crippen LogP contribution in [-0.4, -0.2) is 40.4 Å².